The maximum absolute atomic E-state index is 13.5. The summed E-state index contributed by atoms with van der Waals surface area (Å²) in [4.78, 5) is 69.1. The predicted molar refractivity (Wildman–Crippen MR) is 315 cm³/mol. The molecule has 2 saturated heterocycles. The molecule has 20 nitrogen and oxygen atoms in total. The molecule has 0 unspecified atom stereocenters. The van der Waals surface area contributed by atoms with Gasteiger partial charge in [0.1, 0.15) is 29.3 Å². The number of likely N-dealkylation sites (tertiary alicyclic amines) is 1. The number of aromatic nitrogens is 4. The van der Waals surface area contributed by atoms with Gasteiger partial charge in [-0.2, -0.15) is 5.10 Å². The Morgan fingerprint density at radius 1 is 0.646 bits per heavy atom. The van der Waals surface area contributed by atoms with Crippen molar-refractivity contribution in [2.45, 2.75) is 44.7 Å². The lowest BCUT2D eigenvalue weighted by Crippen LogP contribution is -2.48. The molecule has 2 fully saturated rings. The molecule has 432 valence electrons. The first-order chi connectivity index (χ1) is 40.3. The van der Waals surface area contributed by atoms with E-state index in [9.17, 15) is 19.2 Å². The van der Waals surface area contributed by atoms with Gasteiger partial charge in [0.2, 0.25) is 23.6 Å². The van der Waals surface area contributed by atoms with Crippen molar-refractivity contribution in [3.05, 3.63) is 138 Å². The predicted octanol–water partition coefficient (Wildman–Crippen LogP) is 6.39. The Hall–Kier alpha value is -7.85. The Kier molecular flexibility index (Phi) is 22.1. The van der Waals surface area contributed by atoms with Crippen LogP contribution < -0.4 is 26.0 Å². The number of hydrogen-bond donors (Lipinski definition) is 3. The summed E-state index contributed by atoms with van der Waals surface area (Å²) < 4.78 is 30.2. The van der Waals surface area contributed by atoms with Gasteiger partial charge in [0.25, 0.3) is 0 Å². The van der Waals surface area contributed by atoms with Crippen LogP contribution in [0.3, 0.4) is 0 Å². The lowest BCUT2D eigenvalue weighted by molar-refractivity contribution is -0.127. The van der Waals surface area contributed by atoms with Crippen molar-refractivity contribution < 1.29 is 42.9 Å². The third-order valence-electron chi connectivity index (χ3n) is 14.6. The van der Waals surface area contributed by atoms with Gasteiger partial charge in [-0.15, -0.1) is 0 Å². The SMILES string of the molecule is Nc1ncnc2c1c(-c1ccc(Oc3ccccc3)cc1)nn2[C@@H]1CCCN(C(=O)/C=C/CN2CCN(CCNC(=O)CCOCCOCCOCCOCCNC(=O)CCC(=O)N3Cc4ccccc4/C=C\c4ccccc43)CC2)C1. The Balaban J connectivity index is 0.557. The second-order valence-electron chi connectivity index (χ2n) is 20.3. The summed E-state index contributed by atoms with van der Waals surface area (Å²) in [5.74, 6) is 1.44. The lowest BCUT2D eigenvalue weighted by Gasteiger charge is -2.34. The number of piperazine rings is 1. The molecule has 1 atom stereocenters. The third kappa shape index (κ3) is 17.1. The topological polar surface area (TPSA) is 221 Å². The van der Waals surface area contributed by atoms with Gasteiger partial charge in [0.05, 0.1) is 76.5 Å². The van der Waals surface area contributed by atoms with E-state index in [1.807, 2.05) is 125 Å². The Bertz CT molecular complexity index is 3090. The zero-order valence-corrected chi connectivity index (χ0v) is 46.6. The van der Waals surface area contributed by atoms with E-state index in [2.05, 4.69) is 36.5 Å². The largest absolute Gasteiger partial charge is 0.457 e. The minimum Gasteiger partial charge on any atom is -0.457 e. The average molecular weight is 1120 g/mol. The fraction of sp³-hybridized carbons (Fsp3) is 0.403. The van der Waals surface area contributed by atoms with E-state index < -0.39 is 0 Å². The smallest absolute Gasteiger partial charge is 0.246 e. The first-order valence-electron chi connectivity index (χ1n) is 28.5. The Morgan fingerprint density at radius 2 is 1.29 bits per heavy atom. The zero-order valence-electron chi connectivity index (χ0n) is 46.6. The van der Waals surface area contributed by atoms with Gasteiger partial charge in [-0.25, -0.2) is 14.6 Å². The molecule has 0 aliphatic carbocycles. The maximum Gasteiger partial charge on any atom is 0.246 e. The van der Waals surface area contributed by atoms with Gasteiger partial charge in [-0.3, -0.25) is 29.0 Å². The highest BCUT2D eigenvalue weighted by atomic mass is 16.6. The molecular formula is C62H75N11O9. The van der Waals surface area contributed by atoms with E-state index in [0.717, 1.165) is 79.3 Å². The van der Waals surface area contributed by atoms with Crippen LogP contribution in [0.4, 0.5) is 11.5 Å². The number of amides is 4. The molecule has 4 N–H and O–H groups in total. The molecule has 0 saturated carbocycles. The van der Waals surface area contributed by atoms with E-state index in [1.165, 1.54) is 6.33 Å². The average Bonchev–Trinajstić information content (AvgIpc) is 3.91. The Morgan fingerprint density at radius 3 is 2.07 bits per heavy atom. The summed E-state index contributed by atoms with van der Waals surface area (Å²) >= 11 is 0. The van der Waals surface area contributed by atoms with Crippen LogP contribution in [0.25, 0.3) is 34.4 Å². The van der Waals surface area contributed by atoms with Crippen molar-refractivity contribution in [2.24, 2.45) is 0 Å². The van der Waals surface area contributed by atoms with E-state index >= 15 is 0 Å². The number of piperidine rings is 1. The summed E-state index contributed by atoms with van der Waals surface area (Å²) in [6.45, 7) is 10.5. The standard InChI is InChI=1S/C62H75N11O9/c63-61-59-60(49-20-22-53(23-21-49)82-52-14-2-1-3-15-52)68-73(62(59)67-46-66-61)51-13-8-30-71(45-51)57(76)17-9-29-69-32-34-70(35-33-69)31-27-64-56(75)26-36-78-38-40-80-42-43-81-41-39-79-37-28-65-55(74)24-25-58(77)72-44-50-12-5-4-10-47(50)18-19-48-11-6-7-16-54(48)72/h1-7,9-12,14-23,46,51H,8,13,24-45H2,(H,64,75)(H,65,74)(H2,63,66,67)/b17-9+,19-18-/t51-/m1/s1. The molecule has 3 aliphatic rings. The van der Waals surface area contributed by atoms with Crippen molar-refractivity contribution in [3.8, 4) is 22.8 Å². The Labute approximate surface area is 479 Å². The van der Waals surface area contributed by atoms with E-state index in [-0.39, 0.29) is 48.9 Å². The van der Waals surface area contributed by atoms with E-state index in [0.29, 0.717) is 120 Å². The number of benzene rings is 4. The number of carbonyl (C=O) groups excluding carboxylic acids is 4. The molecule has 4 aromatic carbocycles. The van der Waals surface area contributed by atoms with E-state index in [1.54, 1.807) is 11.0 Å². The van der Waals surface area contributed by atoms with Crippen molar-refractivity contribution in [1.82, 2.24) is 45.1 Å². The highest BCUT2D eigenvalue weighted by Gasteiger charge is 2.29. The maximum atomic E-state index is 13.5. The molecule has 82 heavy (non-hydrogen) atoms. The van der Waals surface area contributed by atoms with Gasteiger partial charge in [-0.05, 0) is 72.0 Å². The molecule has 20 heteroatoms. The number of carbonyl (C=O) groups is 4. The molecule has 2 aromatic heterocycles. The molecule has 0 radical (unpaired) electrons. The summed E-state index contributed by atoms with van der Waals surface area (Å²) in [5, 5.41) is 11.6. The number of para-hydroxylation sites is 2. The molecule has 3 aliphatic heterocycles. The number of nitrogens with one attached hydrogen (secondary N) is 2. The van der Waals surface area contributed by atoms with Gasteiger partial charge < -0.3 is 49.9 Å². The fourth-order valence-corrected chi connectivity index (χ4v) is 10.2. The number of hydrogen-bond acceptors (Lipinski definition) is 15. The van der Waals surface area contributed by atoms with Crippen LogP contribution in [0.2, 0.25) is 0 Å². The number of anilines is 2. The number of nitrogens with zero attached hydrogens (tertiary/aromatic N) is 8. The van der Waals surface area contributed by atoms with E-state index in [4.69, 9.17) is 34.5 Å². The fourth-order valence-electron chi connectivity index (χ4n) is 10.2. The van der Waals surface area contributed by atoms with Gasteiger partial charge in [0.15, 0.2) is 5.65 Å². The molecule has 9 rings (SSSR count). The first-order valence-corrected chi connectivity index (χ1v) is 28.5. The highest BCUT2D eigenvalue weighted by Crippen LogP contribution is 2.35. The van der Waals surface area contributed by atoms with Crippen LogP contribution in [-0.2, 0) is 44.7 Å². The monoisotopic (exact) mass is 1120 g/mol. The molecule has 0 spiro atoms. The van der Waals surface area contributed by atoms with Crippen molar-refractivity contribution >= 4 is 58.3 Å². The van der Waals surface area contributed by atoms with Crippen LogP contribution in [-0.4, -0.2) is 176 Å². The second kappa shape index (κ2) is 30.8. The van der Waals surface area contributed by atoms with Crippen LogP contribution in [0.15, 0.2) is 122 Å². The summed E-state index contributed by atoms with van der Waals surface area (Å²) in [6.07, 6.45) is 11.4. The van der Waals surface area contributed by atoms with Crippen LogP contribution >= 0.6 is 0 Å². The number of fused-ring (bicyclic) bond motifs is 3. The zero-order chi connectivity index (χ0) is 56.7. The third-order valence-corrected chi connectivity index (χ3v) is 14.6. The van der Waals surface area contributed by atoms with Gasteiger partial charge >= 0.3 is 0 Å². The molecule has 6 aromatic rings. The normalized spacial score (nSPS) is 16.1. The molecule has 5 heterocycles. The number of rotatable bonds is 28. The second-order valence-corrected chi connectivity index (χ2v) is 20.3. The minimum absolute atomic E-state index is 0.0167. The van der Waals surface area contributed by atoms with Crippen molar-refractivity contribution in [1.29, 1.82) is 0 Å². The van der Waals surface area contributed by atoms with Crippen molar-refractivity contribution in [3.63, 3.8) is 0 Å². The number of nitrogens with two attached hydrogens (primary N) is 1. The summed E-state index contributed by atoms with van der Waals surface area (Å²) in [7, 11) is 0. The summed E-state index contributed by atoms with van der Waals surface area (Å²) in [5.41, 5.74) is 12.5. The van der Waals surface area contributed by atoms with Crippen LogP contribution in [0.1, 0.15) is 54.8 Å². The van der Waals surface area contributed by atoms with Crippen LogP contribution in [0.5, 0.6) is 11.5 Å². The minimum atomic E-state index is -0.200. The van der Waals surface area contributed by atoms with Gasteiger partial charge in [0, 0.05) is 96.3 Å². The highest BCUT2D eigenvalue weighted by molar-refractivity contribution is 5.99. The van der Waals surface area contributed by atoms with Gasteiger partial charge in [-0.1, -0.05) is 78.9 Å². The number of nitrogen functional groups attached to an aromatic ring is 1. The molecular weight excluding hydrogens is 1040 g/mol. The molecule has 4 amide bonds. The quantitative estimate of drug-likeness (QED) is 0.0358. The van der Waals surface area contributed by atoms with Crippen molar-refractivity contribution in [2.75, 3.05) is 129 Å². The van der Waals surface area contributed by atoms with Crippen LogP contribution in [0, 0.1) is 0 Å². The summed E-state index contributed by atoms with van der Waals surface area (Å²) in [6, 6.07) is 33.1. The first kappa shape index (κ1) is 58.8. The number of ether oxygens (including phenoxy) is 5. The molecule has 0 bridgehead atoms. The lowest BCUT2D eigenvalue weighted by atomic mass is 10.0.